The second-order valence-electron chi connectivity index (χ2n) is 9.94. The highest BCUT2D eigenvalue weighted by Gasteiger charge is 2.49. The van der Waals surface area contributed by atoms with Crippen LogP contribution in [0.4, 0.5) is 9.59 Å². The smallest absolute Gasteiger partial charge is 0.444 e. The van der Waals surface area contributed by atoms with Gasteiger partial charge in [-0.25, -0.2) is 9.28 Å². The van der Waals surface area contributed by atoms with Gasteiger partial charge in [0.25, 0.3) is 0 Å². The molecule has 1 aromatic rings. The van der Waals surface area contributed by atoms with Crippen LogP contribution >= 0.6 is 0 Å². The van der Waals surface area contributed by atoms with E-state index in [1.165, 1.54) is 0 Å². The van der Waals surface area contributed by atoms with E-state index in [0.29, 0.717) is 12.5 Å². The first-order chi connectivity index (χ1) is 14.0. The Morgan fingerprint density at radius 3 is 2.40 bits per heavy atom. The van der Waals surface area contributed by atoms with Crippen LogP contribution in [-0.2, 0) is 16.1 Å². The van der Waals surface area contributed by atoms with Crippen molar-refractivity contribution in [3.05, 3.63) is 35.9 Å². The summed E-state index contributed by atoms with van der Waals surface area (Å²) in [7, 11) is 0. The number of carbonyl (C=O) groups is 2. The number of ether oxygens (including phenoxy) is 2. The van der Waals surface area contributed by atoms with Gasteiger partial charge >= 0.3 is 12.2 Å². The Morgan fingerprint density at radius 2 is 1.87 bits per heavy atom. The molecular formula is C24H39N2O4+. The third kappa shape index (κ3) is 7.01. The van der Waals surface area contributed by atoms with Crippen molar-refractivity contribution in [3.8, 4) is 0 Å². The first kappa shape index (κ1) is 24.2. The van der Waals surface area contributed by atoms with E-state index in [0.717, 1.165) is 31.4 Å². The summed E-state index contributed by atoms with van der Waals surface area (Å²) in [4.78, 5) is 25.7. The van der Waals surface area contributed by atoms with Crippen LogP contribution in [0.3, 0.4) is 0 Å². The summed E-state index contributed by atoms with van der Waals surface area (Å²) in [6.07, 6.45) is 2.08. The Kier molecular flexibility index (Phi) is 8.30. The van der Waals surface area contributed by atoms with Gasteiger partial charge in [0, 0.05) is 12.8 Å². The van der Waals surface area contributed by atoms with Gasteiger partial charge in [-0.2, -0.15) is 4.79 Å². The quantitative estimate of drug-likeness (QED) is 0.612. The van der Waals surface area contributed by atoms with E-state index in [1.54, 1.807) is 0 Å². The molecule has 2 amide bonds. The van der Waals surface area contributed by atoms with Crippen molar-refractivity contribution in [2.24, 2.45) is 5.92 Å². The van der Waals surface area contributed by atoms with E-state index >= 15 is 0 Å². The molecule has 1 aromatic carbocycles. The molecule has 1 aliphatic heterocycles. The number of alkyl carbamates (subject to hydrolysis) is 1. The molecule has 30 heavy (non-hydrogen) atoms. The molecule has 6 heteroatoms. The van der Waals surface area contributed by atoms with Crippen LogP contribution in [0, 0.1) is 5.92 Å². The zero-order chi connectivity index (χ0) is 22.4. The van der Waals surface area contributed by atoms with Crippen molar-refractivity contribution >= 4 is 12.2 Å². The van der Waals surface area contributed by atoms with E-state index in [2.05, 4.69) is 26.1 Å². The van der Waals surface area contributed by atoms with Crippen LogP contribution in [0.5, 0.6) is 0 Å². The minimum Gasteiger partial charge on any atom is -0.444 e. The standard InChI is InChI=1S/C24H38N2O4/c1-18(2)15-21(25-22(27)30-24(4,5)6)16-26(14-10-11-19(26)3)23(28)29-17-20-12-8-7-9-13-20/h7-9,12-13,18-19,21H,10-11,14-17H2,1-6H3/p+1/t19-,21+,26?/m1/s1. The summed E-state index contributed by atoms with van der Waals surface area (Å²) >= 11 is 0. The number of nitrogens with zero attached hydrogens (tertiary/aromatic N) is 1. The van der Waals surface area contributed by atoms with Gasteiger partial charge in [-0.15, -0.1) is 0 Å². The Balaban J connectivity index is 2.14. The van der Waals surface area contributed by atoms with Crippen molar-refractivity contribution in [1.29, 1.82) is 0 Å². The number of quaternary nitrogens is 1. The van der Waals surface area contributed by atoms with Gasteiger partial charge in [0.15, 0.2) is 0 Å². The monoisotopic (exact) mass is 419 g/mol. The number of rotatable bonds is 7. The van der Waals surface area contributed by atoms with Gasteiger partial charge in [-0.1, -0.05) is 44.2 Å². The maximum Gasteiger partial charge on any atom is 0.516 e. The van der Waals surface area contributed by atoms with E-state index < -0.39 is 11.7 Å². The normalized spacial score (nSPS) is 22.6. The highest BCUT2D eigenvalue weighted by molar-refractivity contribution is 5.68. The topological polar surface area (TPSA) is 64.6 Å². The van der Waals surface area contributed by atoms with Crippen molar-refractivity contribution in [2.45, 2.75) is 85.1 Å². The molecule has 6 nitrogen and oxygen atoms in total. The molecule has 1 aliphatic rings. The molecule has 0 saturated carbocycles. The minimum atomic E-state index is -0.561. The number of nitrogens with one attached hydrogen (secondary N) is 1. The van der Waals surface area contributed by atoms with Crippen LogP contribution in [0.15, 0.2) is 30.3 Å². The minimum absolute atomic E-state index is 0.156. The lowest BCUT2D eigenvalue weighted by Gasteiger charge is -2.37. The first-order valence-corrected chi connectivity index (χ1v) is 11.1. The van der Waals surface area contributed by atoms with Gasteiger partial charge in [-0.05, 0) is 45.6 Å². The molecule has 0 radical (unpaired) electrons. The van der Waals surface area contributed by atoms with Crippen LogP contribution in [0.25, 0.3) is 0 Å². The molecule has 0 aromatic heterocycles. The van der Waals surface area contributed by atoms with Crippen molar-refractivity contribution in [3.63, 3.8) is 0 Å². The van der Waals surface area contributed by atoms with Crippen molar-refractivity contribution in [2.75, 3.05) is 13.1 Å². The number of likely N-dealkylation sites (tertiary alicyclic amines) is 1. The Labute approximate surface area is 181 Å². The van der Waals surface area contributed by atoms with Crippen molar-refractivity contribution in [1.82, 2.24) is 5.32 Å². The second-order valence-corrected chi connectivity index (χ2v) is 9.94. The molecule has 1 unspecified atom stereocenters. The molecule has 2 rings (SSSR count). The third-order valence-corrected chi connectivity index (χ3v) is 5.61. The number of benzene rings is 1. The highest BCUT2D eigenvalue weighted by Crippen LogP contribution is 2.30. The summed E-state index contributed by atoms with van der Waals surface area (Å²) in [6.45, 7) is 13.4. The molecule has 1 N–H and O–H groups in total. The molecule has 3 atom stereocenters. The predicted molar refractivity (Wildman–Crippen MR) is 118 cm³/mol. The van der Waals surface area contributed by atoms with Crippen LogP contribution in [0.1, 0.15) is 66.4 Å². The van der Waals surface area contributed by atoms with E-state index in [9.17, 15) is 9.59 Å². The molecule has 1 heterocycles. The Morgan fingerprint density at radius 1 is 1.20 bits per heavy atom. The van der Waals surface area contributed by atoms with Crippen LogP contribution in [-0.4, -0.2) is 47.4 Å². The number of hydrogen-bond donors (Lipinski definition) is 1. The fourth-order valence-electron chi connectivity index (χ4n) is 4.22. The average Bonchev–Trinajstić information content (AvgIpc) is 2.99. The van der Waals surface area contributed by atoms with Crippen LogP contribution < -0.4 is 5.32 Å². The molecule has 168 valence electrons. The lowest BCUT2D eigenvalue weighted by atomic mass is 10.0. The molecule has 0 bridgehead atoms. The predicted octanol–water partition coefficient (Wildman–Crippen LogP) is 5.26. The number of carbonyl (C=O) groups excluding carboxylic acids is 2. The fraction of sp³-hybridized carbons (Fsp3) is 0.667. The molecule has 1 fully saturated rings. The molecule has 1 saturated heterocycles. The average molecular weight is 420 g/mol. The molecule has 0 spiro atoms. The summed E-state index contributed by atoms with van der Waals surface area (Å²) in [5, 5.41) is 3.02. The summed E-state index contributed by atoms with van der Waals surface area (Å²) in [5.74, 6) is 0.378. The Bertz CT molecular complexity index is 699. The lowest BCUT2D eigenvalue weighted by molar-refractivity contribution is -0.869. The van der Waals surface area contributed by atoms with Gasteiger partial charge in [0.1, 0.15) is 18.8 Å². The third-order valence-electron chi connectivity index (χ3n) is 5.61. The Hall–Kier alpha value is -2.08. The summed E-state index contributed by atoms with van der Waals surface area (Å²) < 4.78 is 11.5. The maximum atomic E-state index is 13.3. The molecule has 0 aliphatic carbocycles. The first-order valence-electron chi connectivity index (χ1n) is 11.1. The highest BCUT2D eigenvalue weighted by atomic mass is 16.6. The summed E-state index contributed by atoms with van der Waals surface area (Å²) in [5.41, 5.74) is 0.412. The lowest BCUT2D eigenvalue weighted by Crippen LogP contribution is -2.61. The largest absolute Gasteiger partial charge is 0.516 e. The van der Waals surface area contributed by atoms with E-state index in [1.807, 2.05) is 51.1 Å². The summed E-state index contributed by atoms with van der Waals surface area (Å²) in [6, 6.07) is 9.73. The zero-order valence-electron chi connectivity index (χ0n) is 19.4. The SMILES string of the molecule is CC(C)C[C@@H](C[N+]1(C(=O)OCc2ccccc2)CCC[C@H]1C)NC(=O)OC(C)(C)C. The second kappa shape index (κ2) is 10.3. The number of amides is 2. The maximum absolute atomic E-state index is 13.3. The van der Waals surface area contributed by atoms with Gasteiger partial charge in [0.2, 0.25) is 0 Å². The van der Waals surface area contributed by atoms with E-state index in [4.69, 9.17) is 9.47 Å². The van der Waals surface area contributed by atoms with Crippen molar-refractivity contribution < 1.29 is 23.5 Å². The van der Waals surface area contributed by atoms with Gasteiger partial charge < -0.3 is 14.8 Å². The van der Waals surface area contributed by atoms with Gasteiger partial charge in [0.05, 0.1) is 18.6 Å². The molecular weight excluding hydrogens is 380 g/mol. The van der Waals surface area contributed by atoms with Gasteiger partial charge in [-0.3, -0.25) is 0 Å². The van der Waals surface area contributed by atoms with E-state index in [-0.39, 0.29) is 29.3 Å². The fourth-order valence-corrected chi connectivity index (χ4v) is 4.22. The number of hydrogen-bond acceptors (Lipinski definition) is 4. The zero-order valence-corrected chi connectivity index (χ0v) is 19.4. The van der Waals surface area contributed by atoms with Crippen LogP contribution in [0.2, 0.25) is 0 Å².